The number of anilines is 1. The first-order valence-electron chi connectivity index (χ1n) is 6.06. The van der Waals surface area contributed by atoms with Gasteiger partial charge < -0.3 is 5.32 Å². The third kappa shape index (κ3) is 2.51. The van der Waals surface area contributed by atoms with Gasteiger partial charge in [0.25, 0.3) is 0 Å². The summed E-state index contributed by atoms with van der Waals surface area (Å²) in [4.78, 5) is 11.4. The second kappa shape index (κ2) is 5.28. The van der Waals surface area contributed by atoms with Crippen LogP contribution in [0.4, 0.5) is 5.69 Å². The molecule has 3 rings (SSSR count). The molecule has 20 heavy (non-hydrogen) atoms. The summed E-state index contributed by atoms with van der Waals surface area (Å²) in [6, 6.07) is 11.0. The van der Waals surface area contributed by atoms with E-state index in [1.165, 1.54) is 0 Å². The molecule has 2 aromatic carbocycles. The van der Waals surface area contributed by atoms with Gasteiger partial charge in [0.1, 0.15) is 0 Å². The van der Waals surface area contributed by atoms with Crippen LogP contribution >= 0.6 is 34.8 Å². The van der Waals surface area contributed by atoms with E-state index in [9.17, 15) is 4.79 Å². The number of amides is 1. The molecule has 1 N–H and O–H groups in total. The Kier molecular flexibility index (Phi) is 3.63. The zero-order valence-electron chi connectivity index (χ0n) is 10.3. The molecule has 0 fully saturated rings. The smallest absolute Gasteiger partial charge is 0.228 e. The maximum atomic E-state index is 11.4. The van der Waals surface area contributed by atoms with Crippen LogP contribution in [0.1, 0.15) is 22.1 Å². The van der Waals surface area contributed by atoms with Gasteiger partial charge in [0.15, 0.2) is 0 Å². The summed E-state index contributed by atoms with van der Waals surface area (Å²) in [5.41, 5.74) is 3.34. The number of carbonyl (C=O) groups is 1. The normalized spacial score (nSPS) is 14.8. The molecule has 0 radical (unpaired) electrons. The van der Waals surface area contributed by atoms with Crippen molar-refractivity contribution in [1.29, 1.82) is 0 Å². The molecule has 0 aromatic heterocycles. The Balaban J connectivity index is 2.02. The van der Waals surface area contributed by atoms with E-state index in [4.69, 9.17) is 34.8 Å². The standard InChI is InChI=1S/C15H10Cl3NO/c16-10-3-1-2-8(4-10)15(18)11-5-9-6-14(20)19-13(9)7-12(11)17/h1-5,7,15H,6H2,(H,19,20). The van der Waals surface area contributed by atoms with Crippen LogP contribution in [0.3, 0.4) is 0 Å². The Bertz CT molecular complexity index is 700. The highest BCUT2D eigenvalue weighted by Crippen LogP contribution is 2.38. The molecule has 2 nitrogen and oxygen atoms in total. The topological polar surface area (TPSA) is 29.1 Å². The van der Waals surface area contributed by atoms with Crippen molar-refractivity contribution in [3.8, 4) is 0 Å². The first-order valence-corrected chi connectivity index (χ1v) is 7.25. The van der Waals surface area contributed by atoms with E-state index >= 15 is 0 Å². The third-order valence-corrected chi connectivity index (χ3v) is 4.31. The summed E-state index contributed by atoms with van der Waals surface area (Å²) >= 11 is 18.8. The SMILES string of the molecule is O=C1Cc2cc(C(Cl)c3cccc(Cl)c3)c(Cl)cc2N1. The molecule has 1 amide bonds. The molecule has 5 heteroatoms. The van der Waals surface area contributed by atoms with Gasteiger partial charge in [0.2, 0.25) is 5.91 Å². The summed E-state index contributed by atoms with van der Waals surface area (Å²) in [7, 11) is 0. The monoisotopic (exact) mass is 325 g/mol. The molecule has 0 bridgehead atoms. The maximum absolute atomic E-state index is 11.4. The number of alkyl halides is 1. The van der Waals surface area contributed by atoms with Gasteiger partial charge in [-0.05, 0) is 41.0 Å². The molecular formula is C15H10Cl3NO. The van der Waals surface area contributed by atoms with Gasteiger partial charge >= 0.3 is 0 Å². The van der Waals surface area contributed by atoms with E-state index in [2.05, 4.69) is 5.32 Å². The van der Waals surface area contributed by atoms with Crippen molar-refractivity contribution in [2.24, 2.45) is 0 Å². The van der Waals surface area contributed by atoms with Crippen LogP contribution < -0.4 is 5.32 Å². The fourth-order valence-corrected chi connectivity index (χ4v) is 3.15. The minimum absolute atomic E-state index is 0.0258. The van der Waals surface area contributed by atoms with Crippen molar-refractivity contribution in [3.05, 3.63) is 63.1 Å². The van der Waals surface area contributed by atoms with Gasteiger partial charge in [-0.1, -0.05) is 35.3 Å². The number of hydrogen-bond donors (Lipinski definition) is 1. The van der Waals surface area contributed by atoms with Gasteiger partial charge in [-0.2, -0.15) is 0 Å². The molecule has 1 aliphatic heterocycles. The van der Waals surface area contributed by atoms with Gasteiger partial charge in [-0.3, -0.25) is 4.79 Å². The van der Waals surface area contributed by atoms with Gasteiger partial charge in [0.05, 0.1) is 11.8 Å². The predicted octanol–water partition coefficient (Wildman–Crippen LogP) is 4.82. The number of benzene rings is 2. The van der Waals surface area contributed by atoms with Crippen LogP contribution in [0, 0.1) is 0 Å². The van der Waals surface area contributed by atoms with Crippen molar-refractivity contribution in [2.75, 3.05) is 5.32 Å². The number of carbonyl (C=O) groups excluding carboxylic acids is 1. The average molecular weight is 327 g/mol. The Morgan fingerprint density at radius 1 is 1.15 bits per heavy atom. The number of nitrogens with one attached hydrogen (secondary N) is 1. The molecule has 1 heterocycles. The van der Waals surface area contributed by atoms with E-state index < -0.39 is 5.38 Å². The second-order valence-corrected chi connectivity index (χ2v) is 5.95. The highest BCUT2D eigenvalue weighted by molar-refractivity contribution is 6.34. The Morgan fingerprint density at radius 3 is 2.70 bits per heavy atom. The van der Waals surface area contributed by atoms with E-state index in [1.807, 2.05) is 24.3 Å². The van der Waals surface area contributed by atoms with Crippen molar-refractivity contribution >= 4 is 46.4 Å². The number of rotatable bonds is 2. The number of halogens is 3. The highest BCUT2D eigenvalue weighted by atomic mass is 35.5. The molecule has 1 aliphatic rings. The molecule has 0 saturated carbocycles. The van der Waals surface area contributed by atoms with E-state index in [-0.39, 0.29) is 5.91 Å². The van der Waals surface area contributed by atoms with Gasteiger partial charge in [0, 0.05) is 15.7 Å². The zero-order valence-corrected chi connectivity index (χ0v) is 12.6. The molecule has 1 atom stereocenters. The summed E-state index contributed by atoms with van der Waals surface area (Å²) in [5.74, 6) is -0.0258. The van der Waals surface area contributed by atoms with Crippen LogP contribution in [0.15, 0.2) is 36.4 Å². The molecule has 0 aliphatic carbocycles. The van der Waals surface area contributed by atoms with E-state index in [1.54, 1.807) is 12.1 Å². The Labute approximate surface area is 131 Å². The molecule has 102 valence electrons. The second-order valence-electron chi connectivity index (χ2n) is 4.67. The van der Waals surface area contributed by atoms with E-state index in [0.29, 0.717) is 16.5 Å². The number of hydrogen-bond acceptors (Lipinski definition) is 1. The van der Waals surface area contributed by atoms with Crippen LogP contribution in [-0.4, -0.2) is 5.91 Å². The fraction of sp³-hybridized carbons (Fsp3) is 0.133. The zero-order chi connectivity index (χ0) is 14.3. The third-order valence-electron chi connectivity index (χ3n) is 3.26. The average Bonchev–Trinajstić information content (AvgIpc) is 2.76. The molecule has 0 saturated heterocycles. The molecule has 0 spiro atoms. The van der Waals surface area contributed by atoms with Crippen molar-refractivity contribution in [2.45, 2.75) is 11.8 Å². The molecule has 2 aromatic rings. The lowest BCUT2D eigenvalue weighted by molar-refractivity contribution is -0.115. The van der Waals surface area contributed by atoms with Crippen LogP contribution in [-0.2, 0) is 11.2 Å². The highest BCUT2D eigenvalue weighted by Gasteiger charge is 2.22. The predicted molar refractivity (Wildman–Crippen MR) is 82.9 cm³/mol. The summed E-state index contributed by atoms with van der Waals surface area (Å²) in [6.07, 6.45) is 0.360. The minimum atomic E-state index is -0.401. The van der Waals surface area contributed by atoms with Crippen molar-refractivity contribution in [1.82, 2.24) is 0 Å². The summed E-state index contributed by atoms with van der Waals surface area (Å²) in [6.45, 7) is 0. The maximum Gasteiger partial charge on any atom is 0.228 e. The van der Waals surface area contributed by atoms with Crippen molar-refractivity contribution in [3.63, 3.8) is 0 Å². The van der Waals surface area contributed by atoms with Gasteiger partial charge in [-0.15, -0.1) is 11.6 Å². The lowest BCUT2D eigenvalue weighted by atomic mass is 10.0. The van der Waals surface area contributed by atoms with Crippen LogP contribution in [0.5, 0.6) is 0 Å². The Morgan fingerprint density at radius 2 is 1.95 bits per heavy atom. The Hall–Kier alpha value is -1.22. The lowest BCUT2D eigenvalue weighted by Crippen LogP contribution is -2.03. The van der Waals surface area contributed by atoms with Crippen LogP contribution in [0.25, 0.3) is 0 Å². The summed E-state index contributed by atoms with van der Waals surface area (Å²) in [5, 5.41) is 3.53. The fourth-order valence-electron chi connectivity index (χ4n) is 2.31. The lowest BCUT2D eigenvalue weighted by Gasteiger charge is -2.14. The largest absolute Gasteiger partial charge is 0.325 e. The minimum Gasteiger partial charge on any atom is -0.325 e. The number of fused-ring (bicyclic) bond motifs is 1. The van der Waals surface area contributed by atoms with Crippen LogP contribution in [0.2, 0.25) is 10.0 Å². The van der Waals surface area contributed by atoms with E-state index in [0.717, 1.165) is 22.4 Å². The first-order chi connectivity index (χ1) is 9.54. The first kappa shape index (κ1) is 13.7. The quantitative estimate of drug-likeness (QED) is 0.788. The summed E-state index contributed by atoms with van der Waals surface area (Å²) < 4.78 is 0. The van der Waals surface area contributed by atoms with Gasteiger partial charge in [-0.25, -0.2) is 0 Å². The molecular weight excluding hydrogens is 317 g/mol. The molecule has 1 unspecified atom stereocenters. The van der Waals surface area contributed by atoms with Crippen molar-refractivity contribution < 1.29 is 4.79 Å².